The van der Waals surface area contributed by atoms with Crippen LogP contribution in [0.4, 0.5) is 0 Å². The van der Waals surface area contributed by atoms with Gasteiger partial charge in [0, 0.05) is 33.6 Å². The first-order valence-corrected chi connectivity index (χ1v) is 7.36. The van der Waals surface area contributed by atoms with Gasteiger partial charge < -0.3 is 4.98 Å². The molecule has 1 unspecified atom stereocenters. The maximum Gasteiger partial charge on any atom is 0.168 e. The Morgan fingerprint density at radius 1 is 1.37 bits per heavy atom. The zero-order valence-corrected chi connectivity index (χ0v) is 12.3. The Labute approximate surface area is 119 Å². The molecule has 0 spiro atoms. The molecular formula is C16H20ClNO. The summed E-state index contributed by atoms with van der Waals surface area (Å²) >= 11 is 6.02. The van der Waals surface area contributed by atoms with E-state index in [4.69, 9.17) is 11.6 Å². The summed E-state index contributed by atoms with van der Waals surface area (Å²) in [6, 6.07) is 5.62. The number of fused-ring (bicyclic) bond motifs is 1. The van der Waals surface area contributed by atoms with Crippen molar-refractivity contribution in [3.63, 3.8) is 0 Å². The molecule has 3 heteroatoms. The highest BCUT2D eigenvalue weighted by Crippen LogP contribution is 2.26. The van der Waals surface area contributed by atoms with Gasteiger partial charge in [-0.3, -0.25) is 4.79 Å². The number of rotatable bonds is 6. The maximum atomic E-state index is 12.6. The number of carbonyl (C=O) groups excluding carboxylic acids is 1. The fourth-order valence-corrected chi connectivity index (χ4v) is 2.66. The number of benzene rings is 1. The first kappa shape index (κ1) is 14.1. The molecule has 0 fully saturated rings. The predicted octanol–water partition coefficient (Wildman–Crippen LogP) is 5.22. The maximum absolute atomic E-state index is 12.6. The topological polar surface area (TPSA) is 32.9 Å². The first-order valence-electron chi connectivity index (χ1n) is 6.98. The molecule has 19 heavy (non-hydrogen) atoms. The number of halogens is 1. The highest BCUT2D eigenvalue weighted by Gasteiger charge is 2.20. The molecule has 0 aliphatic heterocycles. The van der Waals surface area contributed by atoms with Gasteiger partial charge in [-0.2, -0.15) is 0 Å². The van der Waals surface area contributed by atoms with Gasteiger partial charge in [0.25, 0.3) is 0 Å². The van der Waals surface area contributed by atoms with Crippen LogP contribution in [0.3, 0.4) is 0 Å². The molecule has 0 amide bonds. The average Bonchev–Trinajstić information content (AvgIpc) is 2.82. The van der Waals surface area contributed by atoms with Crippen molar-refractivity contribution in [3.05, 3.63) is 35.0 Å². The van der Waals surface area contributed by atoms with Crippen LogP contribution >= 0.6 is 11.6 Å². The van der Waals surface area contributed by atoms with Crippen molar-refractivity contribution in [2.24, 2.45) is 5.92 Å². The number of carbonyl (C=O) groups is 1. The van der Waals surface area contributed by atoms with E-state index < -0.39 is 0 Å². The molecule has 2 aromatic rings. The molecular weight excluding hydrogens is 258 g/mol. The molecule has 1 atom stereocenters. The van der Waals surface area contributed by atoms with E-state index in [1.165, 1.54) is 0 Å². The number of ketones is 1. The zero-order valence-electron chi connectivity index (χ0n) is 11.5. The molecule has 2 nitrogen and oxygen atoms in total. The molecule has 0 saturated heterocycles. The molecule has 102 valence electrons. The summed E-state index contributed by atoms with van der Waals surface area (Å²) in [5.74, 6) is 0.363. The second-order valence-electron chi connectivity index (χ2n) is 5.00. The third-order valence-electron chi connectivity index (χ3n) is 3.68. The lowest BCUT2D eigenvalue weighted by Gasteiger charge is -2.12. The van der Waals surface area contributed by atoms with Crippen LogP contribution in [0.25, 0.3) is 10.9 Å². The minimum absolute atomic E-state index is 0.123. The number of hydrogen-bond donors (Lipinski definition) is 1. The first-order chi connectivity index (χ1) is 9.17. The van der Waals surface area contributed by atoms with Gasteiger partial charge in [-0.1, -0.05) is 38.3 Å². The summed E-state index contributed by atoms with van der Waals surface area (Å²) < 4.78 is 0. The van der Waals surface area contributed by atoms with Gasteiger partial charge in [-0.05, 0) is 31.0 Å². The standard InChI is InChI=1S/C16H20ClNO/c1-3-5-6-11(4-2)16(19)14-10-18-15-8-7-12(17)9-13(14)15/h7-11,18H,3-6H2,1-2H3. The van der Waals surface area contributed by atoms with Crippen molar-refractivity contribution in [2.75, 3.05) is 0 Å². The SMILES string of the molecule is CCCCC(CC)C(=O)c1c[nH]c2ccc(Cl)cc12. The molecule has 0 aliphatic rings. The summed E-state index contributed by atoms with van der Waals surface area (Å²) in [7, 11) is 0. The lowest BCUT2D eigenvalue weighted by atomic mass is 9.90. The Balaban J connectivity index is 2.32. The highest BCUT2D eigenvalue weighted by molar-refractivity contribution is 6.31. The Bertz CT molecular complexity index is 573. The third kappa shape index (κ3) is 3.01. The van der Waals surface area contributed by atoms with E-state index in [2.05, 4.69) is 18.8 Å². The number of Topliss-reactive ketones (excluding diaryl/α,β-unsaturated/α-hetero) is 1. The normalized spacial score (nSPS) is 12.8. The summed E-state index contributed by atoms with van der Waals surface area (Å²) in [6.07, 6.45) is 5.92. The summed E-state index contributed by atoms with van der Waals surface area (Å²) in [5.41, 5.74) is 1.75. The van der Waals surface area contributed by atoms with Crippen LogP contribution in [0.5, 0.6) is 0 Å². The number of aromatic amines is 1. The Kier molecular flexibility index (Phi) is 4.65. The van der Waals surface area contributed by atoms with Crippen molar-refractivity contribution in [1.82, 2.24) is 4.98 Å². The highest BCUT2D eigenvalue weighted by atomic mass is 35.5. The minimum Gasteiger partial charge on any atom is -0.360 e. The van der Waals surface area contributed by atoms with E-state index in [0.29, 0.717) is 5.02 Å². The Morgan fingerprint density at radius 3 is 2.84 bits per heavy atom. The quantitative estimate of drug-likeness (QED) is 0.721. The van der Waals surface area contributed by atoms with Crippen LogP contribution in [0, 0.1) is 5.92 Å². The van der Waals surface area contributed by atoms with Crippen molar-refractivity contribution in [2.45, 2.75) is 39.5 Å². The second-order valence-corrected chi connectivity index (χ2v) is 5.44. The smallest absolute Gasteiger partial charge is 0.168 e. The van der Waals surface area contributed by atoms with Gasteiger partial charge in [0.1, 0.15) is 0 Å². The number of unbranched alkanes of at least 4 members (excludes halogenated alkanes) is 1. The third-order valence-corrected chi connectivity index (χ3v) is 3.91. The predicted molar refractivity (Wildman–Crippen MR) is 80.9 cm³/mol. The molecule has 2 rings (SSSR count). The van der Waals surface area contributed by atoms with Crippen molar-refractivity contribution in [1.29, 1.82) is 0 Å². The van der Waals surface area contributed by atoms with E-state index in [9.17, 15) is 4.79 Å². The Hall–Kier alpha value is -1.28. The van der Waals surface area contributed by atoms with Crippen molar-refractivity contribution >= 4 is 28.3 Å². The van der Waals surface area contributed by atoms with Crippen LogP contribution in [-0.2, 0) is 0 Å². The summed E-state index contributed by atoms with van der Waals surface area (Å²) in [4.78, 5) is 15.8. The van der Waals surface area contributed by atoms with E-state index in [1.807, 2.05) is 24.4 Å². The summed E-state index contributed by atoms with van der Waals surface area (Å²) in [6.45, 7) is 4.24. The molecule has 0 aliphatic carbocycles. The van der Waals surface area contributed by atoms with Gasteiger partial charge in [0.2, 0.25) is 0 Å². The number of hydrogen-bond acceptors (Lipinski definition) is 1. The van der Waals surface area contributed by atoms with E-state index in [1.54, 1.807) is 0 Å². The fourth-order valence-electron chi connectivity index (χ4n) is 2.49. The number of H-pyrrole nitrogens is 1. The lowest BCUT2D eigenvalue weighted by Crippen LogP contribution is -2.13. The molecule has 0 bridgehead atoms. The van der Waals surface area contributed by atoms with Crippen molar-refractivity contribution in [3.8, 4) is 0 Å². The van der Waals surface area contributed by atoms with Gasteiger partial charge in [-0.25, -0.2) is 0 Å². The van der Waals surface area contributed by atoms with E-state index >= 15 is 0 Å². The molecule has 0 radical (unpaired) electrons. The van der Waals surface area contributed by atoms with Crippen LogP contribution in [0.15, 0.2) is 24.4 Å². The van der Waals surface area contributed by atoms with Gasteiger partial charge in [-0.15, -0.1) is 0 Å². The monoisotopic (exact) mass is 277 g/mol. The van der Waals surface area contributed by atoms with Crippen LogP contribution < -0.4 is 0 Å². The molecule has 1 aromatic carbocycles. The molecule has 1 aromatic heterocycles. The number of aromatic nitrogens is 1. The van der Waals surface area contributed by atoms with Gasteiger partial charge >= 0.3 is 0 Å². The second kappa shape index (κ2) is 6.25. The zero-order chi connectivity index (χ0) is 13.8. The lowest BCUT2D eigenvalue weighted by molar-refractivity contribution is 0.0910. The van der Waals surface area contributed by atoms with Crippen LogP contribution in [-0.4, -0.2) is 10.8 Å². The van der Waals surface area contributed by atoms with Gasteiger partial charge in [0.15, 0.2) is 5.78 Å². The average molecular weight is 278 g/mol. The summed E-state index contributed by atoms with van der Waals surface area (Å²) in [5, 5.41) is 1.61. The van der Waals surface area contributed by atoms with Gasteiger partial charge in [0.05, 0.1) is 0 Å². The molecule has 1 heterocycles. The largest absolute Gasteiger partial charge is 0.360 e. The minimum atomic E-state index is 0.123. The molecule has 1 N–H and O–H groups in total. The van der Waals surface area contributed by atoms with E-state index in [-0.39, 0.29) is 11.7 Å². The molecule has 0 saturated carbocycles. The fraction of sp³-hybridized carbons (Fsp3) is 0.438. The van der Waals surface area contributed by atoms with E-state index in [0.717, 1.165) is 42.1 Å². The van der Waals surface area contributed by atoms with Crippen molar-refractivity contribution < 1.29 is 4.79 Å². The Morgan fingerprint density at radius 2 is 2.16 bits per heavy atom. The number of nitrogens with one attached hydrogen (secondary N) is 1. The van der Waals surface area contributed by atoms with Crippen LogP contribution in [0.1, 0.15) is 49.9 Å². The van der Waals surface area contributed by atoms with Crippen LogP contribution in [0.2, 0.25) is 5.02 Å².